The number of aromatic hydroxyl groups is 1. The van der Waals surface area contributed by atoms with Crippen LogP contribution in [0.2, 0.25) is 0 Å². The fraction of sp³-hybridized carbons (Fsp3) is 0.333. The predicted octanol–water partition coefficient (Wildman–Crippen LogP) is 1.50. The van der Waals surface area contributed by atoms with Gasteiger partial charge in [-0.15, -0.1) is 0 Å². The van der Waals surface area contributed by atoms with E-state index >= 15 is 0 Å². The molecule has 162 valence electrons. The van der Waals surface area contributed by atoms with E-state index in [0.29, 0.717) is 13.0 Å². The Bertz CT molecular complexity index is 927. The van der Waals surface area contributed by atoms with Crippen LogP contribution in [0.4, 0.5) is 13.2 Å². The lowest BCUT2D eigenvalue weighted by Gasteiger charge is -2.20. The predicted molar refractivity (Wildman–Crippen MR) is 100 cm³/mol. The molecule has 2 aromatic rings. The number of β-amino-alcohol motifs (C(OH)–C–C–N with tert-alkyl or cyclic N) is 1. The Morgan fingerprint density at radius 1 is 1.40 bits per heavy atom. The summed E-state index contributed by atoms with van der Waals surface area (Å²) in [6.07, 6.45) is 1.52. The summed E-state index contributed by atoms with van der Waals surface area (Å²) in [7, 11) is -1.56. The second-order valence-corrected chi connectivity index (χ2v) is 7.71. The average molecular weight is 444 g/mol. The maximum Gasteiger partial charge on any atom is 0.387 e. The molecular formula is C18H19F3N4O4S. The van der Waals surface area contributed by atoms with Crippen molar-refractivity contribution in [2.45, 2.75) is 23.7 Å². The Balaban J connectivity index is 0.000000269. The molecule has 8 nitrogen and oxygen atoms in total. The van der Waals surface area contributed by atoms with E-state index in [1.54, 1.807) is 10.4 Å². The standard InChI is InChI=1S/C11H15F2N3O3S.C7H4FNO/c12-10(13)19-8-1-2-9(15-5-8)20(18)16-4-3-11(17,6-14)7-16;8-7-3-6(10)2-1-5(7)4-9/h1-2,5,10,17H,3-4,6-7,14H2;1-3,10H. The van der Waals surface area contributed by atoms with Crippen LogP contribution in [0, 0.1) is 17.1 Å². The Labute approximate surface area is 172 Å². The van der Waals surface area contributed by atoms with Gasteiger partial charge in [-0.25, -0.2) is 17.9 Å². The van der Waals surface area contributed by atoms with Crippen molar-refractivity contribution in [2.75, 3.05) is 19.6 Å². The molecule has 0 amide bonds. The van der Waals surface area contributed by atoms with Gasteiger partial charge >= 0.3 is 6.61 Å². The summed E-state index contributed by atoms with van der Waals surface area (Å²) >= 11 is 0. The first-order chi connectivity index (χ1) is 14.2. The number of rotatable bonds is 5. The number of halogens is 3. The summed E-state index contributed by atoms with van der Waals surface area (Å²) in [6.45, 7) is -2.22. The lowest BCUT2D eigenvalue weighted by molar-refractivity contribution is -0.0501. The first kappa shape index (κ1) is 23.6. The molecule has 0 aliphatic carbocycles. The molecule has 2 heterocycles. The molecule has 1 aromatic heterocycles. The normalized spacial score (nSPS) is 19.6. The monoisotopic (exact) mass is 444 g/mol. The number of nitriles is 1. The van der Waals surface area contributed by atoms with Crippen LogP contribution in [0.5, 0.6) is 11.5 Å². The van der Waals surface area contributed by atoms with Crippen molar-refractivity contribution in [1.29, 1.82) is 5.26 Å². The van der Waals surface area contributed by atoms with Crippen LogP contribution in [0.3, 0.4) is 0 Å². The molecule has 0 saturated carbocycles. The zero-order chi connectivity index (χ0) is 22.3. The summed E-state index contributed by atoms with van der Waals surface area (Å²) < 4.78 is 54.4. The quantitative estimate of drug-likeness (QED) is 0.637. The van der Waals surface area contributed by atoms with Crippen LogP contribution >= 0.6 is 0 Å². The van der Waals surface area contributed by atoms with Gasteiger partial charge in [-0.3, -0.25) is 0 Å². The molecule has 0 bridgehead atoms. The number of phenolic OH excluding ortho intramolecular Hbond substituents is 1. The minimum absolute atomic E-state index is 0.0576. The van der Waals surface area contributed by atoms with Gasteiger partial charge in [0.1, 0.15) is 39.4 Å². The third kappa shape index (κ3) is 6.39. The van der Waals surface area contributed by atoms with Crippen molar-refractivity contribution in [3.63, 3.8) is 0 Å². The summed E-state index contributed by atoms with van der Waals surface area (Å²) in [5.41, 5.74) is 4.37. The molecule has 2 unspecified atom stereocenters. The second kappa shape index (κ2) is 10.4. The van der Waals surface area contributed by atoms with Gasteiger partial charge in [-0.05, 0) is 30.7 Å². The van der Waals surface area contributed by atoms with Gasteiger partial charge in [0.25, 0.3) is 0 Å². The molecule has 1 saturated heterocycles. The second-order valence-electron chi connectivity index (χ2n) is 6.28. The Hall–Kier alpha value is -2.72. The minimum Gasteiger partial charge on any atom is -0.508 e. The molecule has 1 aliphatic heterocycles. The van der Waals surface area contributed by atoms with E-state index in [4.69, 9.17) is 16.1 Å². The summed E-state index contributed by atoms with van der Waals surface area (Å²) in [4.78, 5) is 3.84. The number of benzene rings is 1. The number of alkyl halides is 2. The number of ether oxygens (including phenoxy) is 1. The number of hydrogen-bond acceptors (Lipinski definition) is 7. The number of pyridine rings is 1. The van der Waals surface area contributed by atoms with E-state index in [1.165, 1.54) is 24.3 Å². The summed E-state index contributed by atoms with van der Waals surface area (Å²) in [5.74, 6) is -0.959. The maximum atomic E-state index is 12.5. The van der Waals surface area contributed by atoms with Crippen LogP contribution in [-0.2, 0) is 11.0 Å². The van der Waals surface area contributed by atoms with Crippen LogP contribution in [0.15, 0.2) is 41.6 Å². The van der Waals surface area contributed by atoms with E-state index in [9.17, 15) is 22.5 Å². The van der Waals surface area contributed by atoms with Gasteiger partial charge in [0.15, 0.2) is 0 Å². The maximum absolute atomic E-state index is 12.5. The van der Waals surface area contributed by atoms with Gasteiger partial charge in [0, 0.05) is 25.7 Å². The van der Waals surface area contributed by atoms with Crippen molar-refractivity contribution in [1.82, 2.24) is 9.29 Å². The third-order valence-corrected chi connectivity index (χ3v) is 5.48. The van der Waals surface area contributed by atoms with Crippen LogP contribution in [0.25, 0.3) is 0 Å². The lowest BCUT2D eigenvalue weighted by atomic mass is 10.1. The number of phenols is 1. The summed E-state index contributed by atoms with van der Waals surface area (Å²) in [6, 6.07) is 7.66. The van der Waals surface area contributed by atoms with Crippen molar-refractivity contribution < 1.29 is 32.3 Å². The van der Waals surface area contributed by atoms with Gasteiger partial charge in [-0.1, -0.05) is 0 Å². The van der Waals surface area contributed by atoms with Crippen molar-refractivity contribution in [2.24, 2.45) is 5.73 Å². The molecule has 1 fully saturated rings. The van der Waals surface area contributed by atoms with Crippen molar-refractivity contribution in [3.8, 4) is 17.6 Å². The zero-order valence-corrected chi connectivity index (χ0v) is 16.4. The van der Waals surface area contributed by atoms with Gasteiger partial charge in [0.2, 0.25) is 0 Å². The fourth-order valence-electron chi connectivity index (χ4n) is 2.50. The minimum atomic E-state index is -2.92. The zero-order valence-electron chi connectivity index (χ0n) is 15.5. The molecule has 30 heavy (non-hydrogen) atoms. The van der Waals surface area contributed by atoms with E-state index < -0.39 is 29.0 Å². The van der Waals surface area contributed by atoms with E-state index in [0.717, 1.165) is 12.3 Å². The molecule has 1 aliphatic rings. The lowest BCUT2D eigenvalue weighted by Crippen LogP contribution is -2.40. The third-order valence-electron chi connectivity index (χ3n) is 4.10. The van der Waals surface area contributed by atoms with Crippen LogP contribution < -0.4 is 10.5 Å². The largest absolute Gasteiger partial charge is 0.508 e. The van der Waals surface area contributed by atoms with Crippen molar-refractivity contribution in [3.05, 3.63) is 47.9 Å². The molecule has 3 rings (SSSR count). The Kier molecular flexibility index (Phi) is 8.13. The molecule has 2 atom stereocenters. The molecule has 0 radical (unpaired) electrons. The van der Waals surface area contributed by atoms with Gasteiger partial charge < -0.3 is 20.7 Å². The number of nitrogens with two attached hydrogens (primary N) is 1. The molecule has 1 aromatic carbocycles. The number of aliphatic hydroxyl groups is 1. The highest BCUT2D eigenvalue weighted by molar-refractivity contribution is 7.82. The average Bonchev–Trinajstić information content (AvgIpc) is 3.11. The highest BCUT2D eigenvalue weighted by atomic mass is 32.2. The molecule has 0 spiro atoms. The molecular weight excluding hydrogens is 425 g/mol. The van der Waals surface area contributed by atoms with Crippen LogP contribution in [-0.4, -0.2) is 55.6 Å². The van der Waals surface area contributed by atoms with E-state index in [2.05, 4.69) is 9.72 Å². The highest BCUT2D eigenvalue weighted by Gasteiger charge is 2.37. The number of nitrogens with zero attached hydrogens (tertiary/aromatic N) is 3. The highest BCUT2D eigenvalue weighted by Crippen LogP contribution is 2.24. The number of aromatic nitrogens is 1. The van der Waals surface area contributed by atoms with E-state index in [-0.39, 0.29) is 35.2 Å². The number of hydrogen-bond donors (Lipinski definition) is 3. The SMILES string of the molecule is N#Cc1ccc(O)cc1F.NCC1(O)CCN(S(=O)c2ccc(OC(F)F)cn2)C1. The van der Waals surface area contributed by atoms with Crippen LogP contribution in [0.1, 0.15) is 12.0 Å². The molecule has 12 heteroatoms. The fourth-order valence-corrected chi connectivity index (χ4v) is 3.70. The topological polar surface area (TPSA) is 133 Å². The summed E-state index contributed by atoms with van der Waals surface area (Å²) in [5, 5.41) is 27.1. The van der Waals surface area contributed by atoms with E-state index in [1.807, 2.05) is 0 Å². The Morgan fingerprint density at radius 3 is 2.63 bits per heavy atom. The first-order valence-corrected chi connectivity index (χ1v) is 9.67. The smallest absolute Gasteiger partial charge is 0.387 e. The molecule has 4 N–H and O–H groups in total. The van der Waals surface area contributed by atoms with Gasteiger partial charge in [-0.2, -0.15) is 14.0 Å². The Morgan fingerprint density at radius 2 is 2.13 bits per heavy atom. The van der Waals surface area contributed by atoms with Gasteiger partial charge in [0.05, 0.1) is 17.4 Å². The van der Waals surface area contributed by atoms with Crippen molar-refractivity contribution >= 4 is 11.0 Å². The first-order valence-electron chi connectivity index (χ1n) is 8.56.